The largest absolute Gasteiger partial charge is 0.348 e. The van der Waals surface area contributed by atoms with Crippen molar-refractivity contribution in [3.8, 4) is 0 Å². The smallest absolute Gasteiger partial charge is 0.262 e. The van der Waals surface area contributed by atoms with Crippen molar-refractivity contribution in [1.29, 1.82) is 0 Å². The quantitative estimate of drug-likeness (QED) is 0.823. The standard InChI is InChI=1S/C15H22N2OS2.ClH/c1-19-12-5-6-20-14(12)15(18)17-13-9-3-2-4-10(13)8-11(16)7-9;/h5-6,9-11,13H,2-4,7-8,16H2,1H3,(H,17,18);1H. The van der Waals surface area contributed by atoms with E-state index in [1.165, 1.54) is 19.3 Å². The van der Waals surface area contributed by atoms with Crippen LogP contribution in [0.1, 0.15) is 41.8 Å². The average Bonchev–Trinajstić information content (AvgIpc) is 2.88. The minimum atomic E-state index is 0. The Morgan fingerprint density at radius 1 is 1.38 bits per heavy atom. The predicted octanol–water partition coefficient (Wildman–Crippen LogP) is 3.53. The van der Waals surface area contributed by atoms with Crippen LogP contribution in [0.4, 0.5) is 0 Å². The first-order valence-electron chi connectivity index (χ1n) is 7.37. The van der Waals surface area contributed by atoms with Crippen molar-refractivity contribution in [3.05, 3.63) is 16.3 Å². The van der Waals surface area contributed by atoms with E-state index in [-0.39, 0.29) is 18.3 Å². The molecule has 21 heavy (non-hydrogen) atoms. The number of fused-ring (bicyclic) bond motifs is 2. The van der Waals surface area contributed by atoms with Gasteiger partial charge in [0, 0.05) is 17.0 Å². The number of carbonyl (C=O) groups excluding carboxylic acids is 1. The van der Waals surface area contributed by atoms with Crippen LogP contribution in [0.3, 0.4) is 0 Å². The minimum absolute atomic E-state index is 0. The molecule has 2 fully saturated rings. The molecule has 2 aliphatic rings. The van der Waals surface area contributed by atoms with E-state index in [1.54, 1.807) is 23.1 Å². The number of rotatable bonds is 3. The number of halogens is 1. The number of thioether (sulfide) groups is 1. The Bertz CT molecular complexity index is 480. The molecule has 0 radical (unpaired) electrons. The summed E-state index contributed by atoms with van der Waals surface area (Å²) in [4.78, 5) is 14.5. The third-order valence-corrected chi connectivity index (χ3v) is 6.55. The molecular weight excluding hydrogens is 324 g/mol. The summed E-state index contributed by atoms with van der Waals surface area (Å²) in [5, 5.41) is 5.32. The van der Waals surface area contributed by atoms with Gasteiger partial charge in [0.05, 0.1) is 0 Å². The maximum absolute atomic E-state index is 12.5. The van der Waals surface area contributed by atoms with Crippen LogP contribution in [0.15, 0.2) is 16.3 Å². The Balaban J connectivity index is 0.00000161. The van der Waals surface area contributed by atoms with Gasteiger partial charge in [-0.05, 0) is 55.2 Å². The van der Waals surface area contributed by atoms with E-state index in [9.17, 15) is 4.79 Å². The maximum Gasteiger partial charge on any atom is 0.262 e. The first-order chi connectivity index (χ1) is 9.69. The molecule has 1 aromatic rings. The highest BCUT2D eigenvalue weighted by atomic mass is 35.5. The number of nitrogens with two attached hydrogens (primary N) is 1. The Kier molecular flexibility index (Phi) is 6.00. The van der Waals surface area contributed by atoms with Gasteiger partial charge in [-0.15, -0.1) is 35.5 Å². The molecule has 1 amide bonds. The highest BCUT2D eigenvalue weighted by molar-refractivity contribution is 7.98. The van der Waals surface area contributed by atoms with Gasteiger partial charge in [0.15, 0.2) is 0 Å². The van der Waals surface area contributed by atoms with Crippen molar-refractivity contribution in [2.24, 2.45) is 17.6 Å². The van der Waals surface area contributed by atoms with Crippen LogP contribution in [0.25, 0.3) is 0 Å². The summed E-state index contributed by atoms with van der Waals surface area (Å²) in [5.41, 5.74) is 6.14. The summed E-state index contributed by atoms with van der Waals surface area (Å²) in [6, 6.07) is 2.71. The molecule has 3 rings (SSSR count). The van der Waals surface area contributed by atoms with Crippen molar-refractivity contribution in [2.45, 2.75) is 49.1 Å². The molecule has 0 aromatic carbocycles. The highest BCUT2D eigenvalue weighted by Crippen LogP contribution is 2.40. The average molecular weight is 347 g/mol. The third kappa shape index (κ3) is 3.58. The number of hydrogen-bond donors (Lipinski definition) is 2. The van der Waals surface area contributed by atoms with Gasteiger partial charge in [0.1, 0.15) is 4.88 Å². The van der Waals surface area contributed by atoms with Gasteiger partial charge >= 0.3 is 0 Å². The van der Waals surface area contributed by atoms with E-state index in [0.717, 1.165) is 22.6 Å². The third-order valence-electron chi connectivity index (χ3n) is 4.73. The van der Waals surface area contributed by atoms with Crippen molar-refractivity contribution < 1.29 is 4.79 Å². The van der Waals surface area contributed by atoms with E-state index in [0.29, 0.717) is 23.9 Å². The second-order valence-electron chi connectivity index (χ2n) is 6.00. The molecular formula is C15H23ClN2OS2. The summed E-state index contributed by atoms with van der Waals surface area (Å²) in [6.45, 7) is 0. The lowest BCUT2D eigenvalue weighted by molar-refractivity contribution is 0.0757. The van der Waals surface area contributed by atoms with E-state index >= 15 is 0 Å². The fourth-order valence-corrected chi connectivity index (χ4v) is 5.52. The number of hydrogen-bond acceptors (Lipinski definition) is 4. The first-order valence-corrected chi connectivity index (χ1v) is 9.47. The Labute approximate surface area is 140 Å². The number of thiophene rings is 1. The predicted molar refractivity (Wildman–Crippen MR) is 92.6 cm³/mol. The van der Waals surface area contributed by atoms with E-state index in [4.69, 9.17) is 5.73 Å². The molecule has 3 nitrogen and oxygen atoms in total. The molecule has 2 atom stereocenters. The summed E-state index contributed by atoms with van der Waals surface area (Å²) < 4.78 is 0. The molecule has 2 aliphatic carbocycles. The molecule has 0 saturated heterocycles. The van der Waals surface area contributed by atoms with Gasteiger partial charge in [-0.2, -0.15) is 0 Å². The topological polar surface area (TPSA) is 55.1 Å². The molecule has 2 saturated carbocycles. The SMILES string of the molecule is CSc1ccsc1C(=O)NC1C2CCCC1CC(N)C2.Cl. The van der Waals surface area contributed by atoms with Gasteiger partial charge in [0.25, 0.3) is 5.91 Å². The fraction of sp³-hybridized carbons (Fsp3) is 0.667. The van der Waals surface area contributed by atoms with Crippen molar-refractivity contribution in [1.82, 2.24) is 5.32 Å². The monoisotopic (exact) mass is 346 g/mol. The molecule has 2 bridgehead atoms. The van der Waals surface area contributed by atoms with Gasteiger partial charge in [-0.25, -0.2) is 0 Å². The molecule has 0 spiro atoms. The van der Waals surface area contributed by atoms with Gasteiger partial charge in [0.2, 0.25) is 0 Å². The number of carbonyl (C=O) groups is 1. The summed E-state index contributed by atoms with van der Waals surface area (Å²) in [7, 11) is 0. The molecule has 0 aliphatic heterocycles. The molecule has 2 unspecified atom stereocenters. The zero-order chi connectivity index (χ0) is 14.1. The van der Waals surface area contributed by atoms with Crippen molar-refractivity contribution in [2.75, 3.05) is 6.26 Å². The summed E-state index contributed by atoms with van der Waals surface area (Å²) in [5.74, 6) is 1.28. The molecule has 3 N–H and O–H groups in total. The second kappa shape index (κ2) is 7.36. The highest BCUT2D eigenvalue weighted by Gasteiger charge is 2.40. The van der Waals surface area contributed by atoms with Crippen LogP contribution in [0.2, 0.25) is 0 Å². The lowest BCUT2D eigenvalue weighted by Crippen LogP contribution is -2.53. The van der Waals surface area contributed by atoms with Crippen LogP contribution >= 0.6 is 35.5 Å². The molecule has 1 aromatic heterocycles. The van der Waals surface area contributed by atoms with Crippen LogP contribution in [-0.2, 0) is 0 Å². The van der Waals surface area contributed by atoms with Gasteiger partial charge < -0.3 is 11.1 Å². The second-order valence-corrected chi connectivity index (χ2v) is 7.76. The Morgan fingerprint density at radius 3 is 2.67 bits per heavy atom. The van der Waals surface area contributed by atoms with Gasteiger partial charge in [-0.3, -0.25) is 4.79 Å². The van der Waals surface area contributed by atoms with Crippen molar-refractivity contribution >= 4 is 41.4 Å². The van der Waals surface area contributed by atoms with E-state index < -0.39 is 0 Å². The van der Waals surface area contributed by atoms with Crippen LogP contribution in [-0.4, -0.2) is 24.2 Å². The normalized spacial score (nSPS) is 31.3. The Morgan fingerprint density at radius 2 is 2.05 bits per heavy atom. The minimum Gasteiger partial charge on any atom is -0.348 e. The molecule has 118 valence electrons. The van der Waals surface area contributed by atoms with E-state index in [2.05, 4.69) is 5.32 Å². The molecule has 1 heterocycles. The number of nitrogens with one attached hydrogen (secondary N) is 1. The Hall–Kier alpha value is -0.230. The zero-order valence-electron chi connectivity index (χ0n) is 12.2. The molecule has 6 heteroatoms. The van der Waals surface area contributed by atoms with Crippen molar-refractivity contribution in [3.63, 3.8) is 0 Å². The maximum atomic E-state index is 12.5. The first kappa shape index (κ1) is 17.1. The van der Waals surface area contributed by atoms with Gasteiger partial charge in [-0.1, -0.05) is 6.42 Å². The zero-order valence-corrected chi connectivity index (χ0v) is 14.7. The van der Waals surface area contributed by atoms with Crippen LogP contribution < -0.4 is 11.1 Å². The van der Waals surface area contributed by atoms with Crippen LogP contribution in [0, 0.1) is 11.8 Å². The van der Waals surface area contributed by atoms with E-state index in [1.807, 2.05) is 17.7 Å². The van der Waals surface area contributed by atoms with Crippen LogP contribution in [0.5, 0.6) is 0 Å². The lowest BCUT2D eigenvalue weighted by atomic mass is 9.67. The number of amides is 1. The fourth-order valence-electron chi connectivity index (χ4n) is 3.87. The summed E-state index contributed by atoms with van der Waals surface area (Å²) >= 11 is 3.19. The lowest BCUT2D eigenvalue weighted by Gasteiger charge is -2.45. The summed E-state index contributed by atoms with van der Waals surface area (Å²) in [6.07, 6.45) is 7.89.